The molecule has 0 aliphatic heterocycles. The number of ether oxygens (including phenoxy) is 2. The lowest BCUT2D eigenvalue weighted by atomic mass is 10.3. The molecule has 0 atom stereocenters. The van der Waals surface area contributed by atoms with Crippen LogP contribution in [0.15, 0.2) is 24.0 Å². The Morgan fingerprint density at radius 2 is 1.05 bits per heavy atom. The molecule has 118 valence electrons. The normalized spacial score (nSPS) is 12.2. The molecule has 0 saturated carbocycles. The van der Waals surface area contributed by atoms with Crippen LogP contribution < -0.4 is 0 Å². The Bertz CT molecular complexity index is 432. The van der Waals surface area contributed by atoms with Crippen molar-refractivity contribution in [3.63, 3.8) is 0 Å². The third-order valence-electron chi connectivity index (χ3n) is 2.36. The second kappa shape index (κ2) is 10.1. The van der Waals surface area contributed by atoms with Gasteiger partial charge in [0, 0.05) is 24.0 Å². The zero-order chi connectivity index (χ0) is 15.5. The monoisotopic (exact) mass is 326 g/mol. The van der Waals surface area contributed by atoms with Gasteiger partial charge in [0.05, 0.1) is 24.7 Å². The fraction of sp³-hybridized carbons (Fsp3) is 0.667. The van der Waals surface area contributed by atoms with Crippen molar-refractivity contribution in [2.24, 2.45) is 0 Å². The lowest BCUT2D eigenvalue weighted by Gasteiger charge is -2.05. The van der Waals surface area contributed by atoms with Gasteiger partial charge in [-0.2, -0.15) is 0 Å². The van der Waals surface area contributed by atoms with E-state index < -0.39 is 19.7 Å². The second-order valence-corrected chi connectivity index (χ2v) is 8.13. The van der Waals surface area contributed by atoms with E-state index in [2.05, 4.69) is 13.2 Å². The predicted octanol–water partition coefficient (Wildman–Crippen LogP) is 0.916. The van der Waals surface area contributed by atoms with Crippen LogP contribution in [0.4, 0.5) is 0 Å². The number of rotatable bonds is 13. The summed E-state index contributed by atoms with van der Waals surface area (Å²) in [6, 6.07) is 0. The third kappa shape index (κ3) is 11.2. The number of sulfone groups is 2. The van der Waals surface area contributed by atoms with Crippen LogP contribution in [0.3, 0.4) is 0 Å². The topological polar surface area (TPSA) is 86.7 Å². The minimum Gasteiger partial charge on any atom is -0.380 e. The fourth-order valence-corrected chi connectivity index (χ4v) is 2.16. The zero-order valence-corrected chi connectivity index (χ0v) is 13.1. The van der Waals surface area contributed by atoms with Gasteiger partial charge in [0.25, 0.3) is 0 Å². The molecule has 0 unspecified atom stereocenters. The van der Waals surface area contributed by atoms with Gasteiger partial charge in [-0.25, -0.2) is 16.8 Å². The van der Waals surface area contributed by atoms with Gasteiger partial charge >= 0.3 is 0 Å². The Morgan fingerprint density at radius 3 is 1.35 bits per heavy atom. The summed E-state index contributed by atoms with van der Waals surface area (Å²) in [6.45, 7) is 7.59. The summed E-state index contributed by atoms with van der Waals surface area (Å²) in [5.74, 6) is -0.126. The van der Waals surface area contributed by atoms with Crippen LogP contribution in [0.1, 0.15) is 12.8 Å². The lowest BCUT2D eigenvalue weighted by molar-refractivity contribution is 0.116. The summed E-state index contributed by atoms with van der Waals surface area (Å²) in [6.07, 6.45) is 1.45. The maximum atomic E-state index is 11.0. The van der Waals surface area contributed by atoms with Gasteiger partial charge < -0.3 is 9.47 Å². The van der Waals surface area contributed by atoms with Crippen LogP contribution in [0, 0.1) is 0 Å². The van der Waals surface area contributed by atoms with Gasteiger partial charge in [0.1, 0.15) is 0 Å². The SMILES string of the molecule is C=CS(=O)(=O)CCOCCCCOCCS(=O)(=O)C=C. The summed E-state index contributed by atoms with van der Waals surface area (Å²) in [5.41, 5.74) is 0. The molecule has 0 amide bonds. The summed E-state index contributed by atoms with van der Waals surface area (Å²) in [7, 11) is -6.38. The van der Waals surface area contributed by atoms with Gasteiger partial charge in [-0.05, 0) is 12.8 Å². The number of hydrogen-bond donors (Lipinski definition) is 0. The molecule has 0 radical (unpaired) electrons. The molecule has 0 fully saturated rings. The van der Waals surface area contributed by atoms with E-state index >= 15 is 0 Å². The molecular formula is C12H22O6S2. The molecule has 0 heterocycles. The Labute approximate surface area is 121 Å². The van der Waals surface area contributed by atoms with Crippen molar-refractivity contribution < 1.29 is 26.3 Å². The van der Waals surface area contributed by atoms with Crippen molar-refractivity contribution in [2.75, 3.05) is 37.9 Å². The highest BCUT2D eigenvalue weighted by Crippen LogP contribution is 1.96. The van der Waals surface area contributed by atoms with Crippen molar-refractivity contribution in [3.05, 3.63) is 24.0 Å². The second-order valence-electron chi connectivity index (χ2n) is 4.00. The standard InChI is InChI=1S/C12H22O6S2/c1-3-19(13,14)11-9-17-7-5-6-8-18-10-12-20(15,16)4-2/h3-4H,1-2,5-12H2. The van der Waals surface area contributed by atoms with Gasteiger partial charge in [0.2, 0.25) is 0 Å². The first-order chi connectivity index (χ1) is 9.33. The smallest absolute Gasteiger partial charge is 0.173 e. The van der Waals surface area contributed by atoms with Crippen LogP contribution >= 0.6 is 0 Å². The fourth-order valence-electron chi connectivity index (χ4n) is 1.13. The molecule has 0 spiro atoms. The first-order valence-electron chi connectivity index (χ1n) is 6.19. The Morgan fingerprint density at radius 1 is 0.700 bits per heavy atom. The van der Waals surface area contributed by atoms with Crippen molar-refractivity contribution in [1.82, 2.24) is 0 Å². The van der Waals surface area contributed by atoms with E-state index in [1.54, 1.807) is 0 Å². The highest BCUT2D eigenvalue weighted by molar-refractivity contribution is 7.94. The summed E-state index contributed by atoms with van der Waals surface area (Å²) in [5, 5.41) is 1.84. The van der Waals surface area contributed by atoms with E-state index in [0.717, 1.165) is 23.7 Å². The van der Waals surface area contributed by atoms with E-state index in [9.17, 15) is 16.8 Å². The third-order valence-corrected chi connectivity index (χ3v) is 4.85. The molecule has 6 nitrogen and oxygen atoms in total. The molecule has 20 heavy (non-hydrogen) atoms. The highest BCUT2D eigenvalue weighted by Gasteiger charge is 2.05. The predicted molar refractivity (Wildman–Crippen MR) is 78.8 cm³/mol. The van der Waals surface area contributed by atoms with E-state index in [4.69, 9.17) is 9.47 Å². The van der Waals surface area contributed by atoms with Crippen molar-refractivity contribution in [1.29, 1.82) is 0 Å². The van der Waals surface area contributed by atoms with Gasteiger partial charge in [-0.15, -0.1) is 0 Å². The van der Waals surface area contributed by atoms with Crippen LogP contribution in [-0.2, 0) is 29.1 Å². The molecule has 0 rings (SSSR count). The molecule has 8 heteroatoms. The first kappa shape index (κ1) is 19.3. The van der Waals surface area contributed by atoms with Crippen LogP contribution in [-0.4, -0.2) is 54.8 Å². The molecule has 0 aliphatic carbocycles. The Balaban J connectivity index is 3.38. The van der Waals surface area contributed by atoms with Gasteiger partial charge in [0.15, 0.2) is 19.7 Å². The molecule has 0 saturated heterocycles. The Hall–Kier alpha value is -0.700. The van der Waals surface area contributed by atoms with Crippen molar-refractivity contribution >= 4 is 19.7 Å². The number of hydrogen-bond acceptors (Lipinski definition) is 6. The zero-order valence-electron chi connectivity index (χ0n) is 11.5. The quantitative estimate of drug-likeness (QED) is 0.468. The summed E-state index contributed by atoms with van der Waals surface area (Å²) in [4.78, 5) is 0. The van der Waals surface area contributed by atoms with E-state index in [0.29, 0.717) is 13.2 Å². The molecule has 0 aromatic rings. The summed E-state index contributed by atoms with van der Waals surface area (Å²) < 4.78 is 54.5. The average Bonchev–Trinajstić information content (AvgIpc) is 2.41. The first-order valence-corrected chi connectivity index (χ1v) is 9.62. The molecule has 0 N–H and O–H groups in total. The van der Waals surface area contributed by atoms with E-state index in [-0.39, 0.29) is 24.7 Å². The van der Waals surface area contributed by atoms with Gasteiger partial charge in [-0.3, -0.25) is 0 Å². The van der Waals surface area contributed by atoms with Gasteiger partial charge in [-0.1, -0.05) is 13.2 Å². The lowest BCUT2D eigenvalue weighted by Crippen LogP contribution is -2.11. The van der Waals surface area contributed by atoms with Crippen LogP contribution in [0.25, 0.3) is 0 Å². The molecular weight excluding hydrogens is 304 g/mol. The van der Waals surface area contributed by atoms with E-state index in [1.807, 2.05) is 0 Å². The largest absolute Gasteiger partial charge is 0.380 e. The highest BCUT2D eigenvalue weighted by atomic mass is 32.2. The van der Waals surface area contributed by atoms with Crippen molar-refractivity contribution in [3.8, 4) is 0 Å². The van der Waals surface area contributed by atoms with E-state index in [1.165, 1.54) is 0 Å². The maximum absolute atomic E-state index is 11.0. The molecule has 0 aromatic carbocycles. The summed E-state index contributed by atoms with van der Waals surface area (Å²) >= 11 is 0. The Kier molecular flexibility index (Phi) is 9.74. The van der Waals surface area contributed by atoms with Crippen LogP contribution in [0.5, 0.6) is 0 Å². The number of unbranched alkanes of at least 4 members (excludes halogenated alkanes) is 1. The average molecular weight is 326 g/mol. The van der Waals surface area contributed by atoms with Crippen molar-refractivity contribution in [2.45, 2.75) is 12.8 Å². The minimum absolute atomic E-state index is 0.0631. The molecule has 0 aromatic heterocycles. The molecule has 0 aliphatic rings. The maximum Gasteiger partial charge on any atom is 0.173 e. The molecule has 0 bridgehead atoms. The minimum atomic E-state index is -3.19. The van der Waals surface area contributed by atoms with Crippen LogP contribution in [0.2, 0.25) is 0 Å².